The smallest absolute Gasteiger partial charge is 0.303 e. The van der Waals surface area contributed by atoms with Crippen LogP contribution in [0.3, 0.4) is 0 Å². The molecule has 1 N–H and O–H groups in total. The van der Waals surface area contributed by atoms with Crippen molar-refractivity contribution in [3.63, 3.8) is 0 Å². The lowest BCUT2D eigenvalue weighted by Crippen LogP contribution is -2.68. The second kappa shape index (κ2) is 10.0. The molecule has 0 radical (unpaired) electrons. The Morgan fingerprint density at radius 1 is 0.964 bits per heavy atom. The maximum atomic E-state index is 11.6. The van der Waals surface area contributed by atoms with E-state index in [-0.39, 0.29) is 12.8 Å². The summed E-state index contributed by atoms with van der Waals surface area (Å²) in [7, 11) is 0. The molecule has 0 unspecified atom stereocenters. The van der Waals surface area contributed by atoms with Crippen molar-refractivity contribution in [1.82, 2.24) is 0 Å². The molecule has 5 atom stereocenters. The van der Waals surface area contributed by atoms with E-state index in [1.54, 1.807) is 0 Å². The van der Waals surface area contributed by atoms with Gasteiger partial charge in [-0.3, -0.25) is 19.2 Å². The fourth-order valence-electron chi connectivity index (χ4n) is 2.79. The minimum atomic E-state index is -2.26. The van der Waals surface area contributed by atoms with E-state index >= 15 is 0 Å². The van der Waals surface area contributed by atoms with Crippen LogP contribution in [0, 0.1) is 11.3 Å². The molecular weight excluding hydrogens is 378 g/mol. The van der Waals surface area contributed by atoms with Gasteiger partial charge in [0.15, 0.2) is 18.3 Å². The molecule has 0 amide bonds. The van der Waals surface area contributed by atoms with Gasteiger partial charge < -0.3 is 28.8 Å². The maximum Gasteiger partial charge on any atom is 0.303 e. The molecule has 1 saturated heterocycles. The molecule has 156 valence electrons. The molecule has 0 aromatic heterocycles. The van der Waals surface area contributed by atoms with Crippen LogP contribution in [0.4, 0.5) is 0 Å². The summed E-state index contributed by atoms with van der Waals surface area (Å²) in [5.41, 5.74) is 0. The molecule has 1 aliphatic heterocycles. The van der Waals surface area contributed by atoms with E-state index in [0.29, 0.717) is 0 Å². The minimum absolute atomic E-state index is 0.195. The minimum Gasteiger partial charge on any atom is -0.463 e. The standard InChI is InChI=1S/C17H23NO10/c1-9(19)24-8-13-14(25-10(2)20)15(26-11(3)21)16(27-12(4)22)17(23,28-13)6-5-7-18/h13-16,23H,5-6,8H2,1-4H3/t13-,14+,15+,16-,17+/m1/s1. The molecule has 0 spiro atoms. The summed E-state index contributed by atoms with van der Waals surface area (Å²) in [6.07, 6.45) is -6.19. The van der Waals surface area contributed by atoms with Crippen LogP contribution in [-0.4, -0.2) is 65.8 Å². The predicted octanol–water partition coefficient (Wildman–Crippen LogP) is -0.264. The van der Waals surface area contributed by atoms with Gasteiger partial charge in [-0.1, -0.05) is 0 Å². The number of hydrogen-bond acceptors (Lipinski definition) is 11. The normalized spacial score (nSPS) is 29.1. The van der Waals surface area contributed by atoms with E-state index in [4.69, 9.17) is 28.9 Å². The van der Waals surface area contributed by atoms with Gasteiger partial charge >= 0.3 is 23.9 Å². The van der Waals surface area contributed by atoms with Crippen molar-refractivity contribution in [3.05, 3.63) is 0 Å². The molecule has 11 heteroatoms. The van der Waals surface area contributed by atoms with Crippen molar-refractivity contribution in [2.45, 2.75) is 70.7 Å². The van der Waals surface area contributed by atoms with Gasteiger partial charge in [0.25, 0.3) is 0 Å². The zero-order chi connectivity index (χ0) is 21.5. The van der Waals surface area contributed by atoms with Crippen LogP contribution < -0.4 is 0 Å². The first-order valence-corrected chi connectivity index (χ1v) is 8.42. The maximum absolute atomic E-state index is 11.6. The van der Waals surface area contributed by atoms with Crippen molar-refractivity contribution in [2.75, 3.05) is 6.61 Å². The largest absolute Gasteiger partial charge is 0.463 e. The number of esters is 4. The molecule has 0 aromatic rings. The average Bonchev–Trinajstić information content (AvgIpc) is 2.56. The van der Waals surface area contributed by atoms with Crippen molar-refractivity contribution in [1.29, 1.82) is 5.26 Å². The third kappa shape index (κ3) is 6.47. The first kappa shape index (κ1) is 23.3. The number of nitriles is 1. The third-order valence-corrected chi connectivity index (χ3v) is 3.73. The highest BCUT2D eigenvalue weighted by molar-refractivity contribution is 5.68. The van der Waals surface area contributed by atoms with Gasteiger partial charge in [0.1, 0.15) is 12.7 Å². The molecule has 1 aliphatic rings. The van der Waals surface area contributed by atoms with Crippen LogP contribution in [0.15, 0.2) is 0 Å². The van der Waals surface area contributed by atoms with E-state index in [9.17, 15) is 24.3 Å². The van der Waals surface area contributed by atoms with Crippen LogP contribution in [0.1, 0.15) is 40.5 Å². The summed E-state index contributed by atoms with van der Waals surface area (Å²) in [4.78, 5) is 45.9. The Morgan fingerprint density at radius 2 is 1.50 bits per heavy atom. The summed E-state index contributed by atoms with van der Waals surface area (Å²) in [5.74, 6) is -5.35. The van der Waals surface area contributed by atoms with Crippen LogP contribution in [0.25, 0.3) is 0 Å². The van der Waals surface area contributed by atoms with Crippen LogP contribution in [0.2, 0.25) is 0 Å². The summed E-state index contributed by atoms with van der Waals surface area (Å²) >= 11 is 0. The SMILES string of the molecule is CC(=O)OC[C@H]1O[C@@](O)(CCC#N)[C@H](OC(C)=O)[C@@H](OC(C)=O)[C@H]1OC(C)=O. The number of nitrogens with zero attached hydrogens (tertiary/aromatic N) is 1. The summed E-state index contributed by atoms with van der Waals surface area (Å²) < 4.78 is 25.9. The molecule has 1 fully saturated rings. The van der Waals surface area contributed by atoms with Crippen LogP contribution in [-0.2, 0) is 42.9 Å². The fourth-order valence-corrected chi connectivity index (χ4v) is 2.79. The molecular formula is C17H23NO10. The van der Waals surface area contributed by atoms with E-state index < -0.39 is 60.7 Å². The highest BCUT2D eigenvalue weighted by Crippen LogP contribution is 2.37. The Morgan fingerprint density at radius 3 is 1.96 bits per heavy atom. The number of hydrogen-bond donors (Lipinski definition) is 1. The zero-order valence-electron chi connectivity index (χ0n) is 16.0. The lowest BCUT2D eigenvalue weighted by molar-refractivity contribution is -0.353. The Kier molecular flexibility index (Phi) is 8.34. The van der Waals surface area contributed by atoms with Crippen LogP contribution in [0.5, 0.6) is 0 Å². The quantitative estimate of drug-likeness (QED) is 0.442. The topological polar surface area (TPSA) is 158 Å². The number of ether oxygens (including phenoxy) is 5. The summed E-state index contributed by atoms with van der Waals surface area (Å²) in [6, 6.07) is 1.82. The first-order chi connectivity index (χ1) is 13.0. The van der Waals surface area contributed by atoms with Crippen molar-refractivity contribution in [2.24, 2.45) is 0 Å². The zero-order valence-corrected chi connectivity index (χ0v) is 16.0. The number of aliphatic hydroxyl groups is 1. The van der Waals surface area contributed by atoms with Gasteiger partial charge in [-0.25, -0.2) is 0 Å². The van der Waals surface area contributed by atoms with Gasteiger partial charge in [0, 0.05) is 40.5 Å². The van der Waals surface area contributed by atoms with E-state index in [0.717, 1.165) is 27.7 Å². The monoisotopic (exact) mass is 401 g/mol. The van der Waals surface area contributed by atoms with E-state index in [1.807, 2.05) is 6.07 Å². The summed E-state index contributed by atoms with van der Waals surface area (Å²) in [5, 5.41) is 19.8. The Bertz CT molecular complexity index is 657. The molecule has 0 bridgehead atoms. The lowest BCUT2D eigenvalue weighted by Gasteiger charge is -2.48. The fraction of sp³-hybridized carbons (Fsp3) is 0.706. The summed E-state index contributed by atoms with van der Waals surface area (Å²) in [6.45, 7) is 3.90. The molecule has 0 saturated carbocycles. The number of carbonyl (C=O) groups is 4. The van der Waals surface area contributed by atoms with Crippen molar-refractivity contribution in [3.8, 4) is 6.07 Å². The van der Waals surface area contributed by atoms with Gasteiger partial charge in [0.2, 0.25) is 5.79 Å². The first-order valence-electron chi connectivity index (χ1n) is 8.42. The second-order valence-corrected chi connectivity index (χ2v) is 6.14. The molecule has 11 nitrogen and oxygen atoms in total. The Labute approximate surface area is 161 Å². The molecule has 0 aromatic carbocycles. The third-order valence-electron chi connectivity index (χ3n) is 3.73. The van der Waals surface area contributed by atoms with Crippen molar-refractivity contribution < 1.29 is 48.0 Å². The number of rotatable bonds is 7. The highest BCUT2D eigenvalue weighted by atomic mass is 16.7. The molecule has 1 heterocycles. The lowest BCUT2D eigenvalue weighted by atomic mass is 9.89. The van der Waals surface area contributed by atoms with Crippen molar-refractivity contribution >= 4 is 23.9 Å². The van der Waals surface area contributed by atoms with Gasteiger partial charge in [-0.05, 0) is 0 Å². The predicted molar refractivity (Wildman–Crippen MR) is 88.0 cm³/mol. The van der Waals surface area contributed by atoms with Gasteiger partial charge in [-0.2, -0.15) is 5.26 Å². The van der Waals surface area contributed by atoms with E-state index in [1.165, 1.54) is 0 Å². The van der Waals surface area contributed by atoms with E-state index in [2.05, 4.69) is 0 Å². The Balaban J connectivity index is 3.39. The van der Waals surface area contributed by atoms with Gasteiger partial charge in [-0.15, -0.1) is 0 Å². The van der Waals surface area contributed by atoms with Crippen LogP contribution >= 0.6 is 0 Å². The molecule has 1 rings (SSSR count). The average molecular weight is 401 g/mol. The van der Waals surface area contributed by atoms with Gasteiger partial charge in [0.05, 0.1) is 6.07 Å². The Hall–Kier alpha value is -2.71. The number of carbonyl (C=O) groups excluding carboxylic acids is 4. The second-order valence-electron chi connectivity index (χ2n) is 6.14. The molecule has 0 aliphatic carbocycles. The molecule has 28 heavy (non-hydrogen) atoms. The highest BCUT2D eigenvalue weighted by Gasteiger charge is 2.59.